The quantitative estimate of drug-likeness (QED) is 0.548. The molecule has 2 amide bonds. The normalized spacial score (nSPS) is 32.3. The van der Waals surface area contributed by atoms with Gasteiger partial charge in [-0.25, -0.2) is 15.8 Å². The van der Waals surface area contributed by atoms with Crippen LogP contribution in [0.5, 0.6) is 0 Å². The number of ether oxygens (including phenoxy) is 1. The molecule has 3 atom stereocenters. The SMILES string of the molecule is CN1C(=O)C(NC(=O)C2N=CN(CC3CCOCC3)N2)CCN2NC(C3CC3)C=C21. The summed E-state index contributed by atoms with van der Waals surface area (Å²) in [7, 11) is 1.78. The van der Waals surface area contributed by atoms with Gasteiger partial charge in [-0.1, -0.05) is 0 Å². The molecule has 1 saturated carbocycles. The van der Waals surface area contributed by atoms with Crippen LogP contribution in [-0.2, 0) is 14.3 Å². The number of fused-ring (bicyclic) bond motifs is 1. The van der Waals surface area contributed by atoms with Gasteiger partial charge in [0.1, 0.15) is 18.2 Å². The van der Waals surface area contributed by atoms with Crippen LogP contribution in [0, 0.1) is 11.8 Å². The second-order valence-corrected chi connectivity index (χ2v) is 8.92. The zero-order valence-corrected chi connectivity index (χ0v) is 17.4. The predicted molar refractivity (Wildman–Crippen MR) is 109 cm³/mol. The Labute approximate surface area is 176 Å². The fraction of sp³-hybridized carbons (Fsp3) is 0.750. The maximum Gasteiger partial charge on any atom is 0.261 e. The maximum atomic E-state index is 13.0. The summed E-state index contributed by atoms with van der Waals surface area (Å²) in [5.74, 6) is 1.75. The molecule has 164 valence electrons. The number of likely N-dealkylation sites (N-methyl/N-ethyl adjacent to an activating group) is 1. The van der Waals surface area contributed by atoms with Gasteiger partial charge < -0.3 is 10.1 Å². The molecule has 0 spiro atoms. The van der Waals surface area contributed by atoms with Crippen LogP contribution in [0.1, 0.15) is 32.1 Å². The molecule has 4 aliphatic heterocycles. The molecule has 30 heavy (non-hydrogen) atoms. The van der Waals surface area contributed by atoms with E-state index in [1.54, 1.807) is 18.3 Å². The Morgan fingerprint density at radius 1 is 1.23 bits per heavy atom. The summed E-state index contributed by atoms with van der Waals surface area (Å²) in [6.45, 7) is 3.06. The monoisotopic (exact) mass is 417 g/mol. The molecule has 1 aliphatic carbocycles. The molecule has 0 aromatic heterocycles. The highest BCUT2D eigenvalue weighted by Crippen LogP contribution is 2.37. The van der Waals surface area contributed by atoms with Crippen molar-refractivity contribution in [3.8, 4) is 0 Å². The Balaban J connectivity index is 1.15. The molecule has 3 fully saturated rings. The molecule has 0 aromatic carbocycles. The minimum Gasteiger partial charge on any atom is -0.381 e. The van der Waals surface area contributed by atoms with E-state index in [1.807, 2.05) is 5.01 Å². The van der Waals surface area contributed by atoms with Gasteiger partial charge in [0.15, 0.2) is 6.17 Å². The summed E-state index contributed by atoms with van der Waals surface area (Å²) >= 11 is 0. The van der Waals surface area contributed by atoms with Crippen molar-refractivity contribution in [1.29, 1.82) is 0 Å². The van der Waals surface area contributed by atoms with Gasteiger partial charge in [0.05, 0.1) is 6.04 Å². The molecule has 0 radical (unpaired) electrons. The minimum atomic E-state index is -0.692. The molecule has 0 bridgehead atoms. The molecule has 5 aliphatic rings. The molecule has 4 heterocycles. The third kappa shape index (κ3) is 4.03. The van der Waals surface area contributed by atoms with Crippen LogP contribution < -0.4 is 16.2 Å². The lowest BCUT2D eigenvalue weighted by Gasteiger charge is -2.27. The molecule has 5 rings (SSSR count). The number of hydrazine groups is 2. The van der Waals surface area contributed by atoms with Gasteiger partial charge in [0.25, 0.3) is 5.91 Å². The molecule has 3 N–H and O–H groups in total. The number of carbonyl (C=O) groups excluding carboxylic acids is 2. The van der Waals surface area contributed by atoms with Crippen LogP contribution in [0.4, 0.5) is 0 Å². The number of carbonyl (C=O) groups is 2. The number of rotatable bonds is 5. The van der Waals surface area contributed by atoms with Gasteiger partial charge >= 0.3 is 0 Å². The maximum absolute atomic E-state index is 13.0. The fourth-order valence-corrected chi connectivity index (χ4v) is 4.62. The number of nitrogens with one attached hydrogen (secondary N) is 3. The van der Waals surface area contributed by atoms with Crippen LogP contribution >= 0.6 is 0 Å². The molecule has 2 saturated heterocycles. The molecule has 10 nitrogen and oxygen atoms in total. The Kier molecular flexibility index (Phi) is 5.38. The van der Waals surface area contributed by atoms with Gasteiger partial charge in [0, 0.05) is 33.4 Å². The lowest BCUT2D eigenvalue weighted by atomic mass is 10.0. The van der Waals surface area contributed by atoms with E-state index in [-0.39, 0.29) is 11.8 Å². The summed E-state index contributed by atoms with van der Waals surface area (Å²) in [5, 5.41) is 6.84. The van der Waals surface area contributed by atoms with E-state index in [0.29, 0.717) is 30.8 Å². The summed E-state index contributed by atoms with van der Waals surface area (Å²) in [4.78, 5) is 31.7. The number of hydrogen-bond donors (Lipinski definition) is 3. The van der Waals surface area contributed by atoms with Crippen molar-refractivity contribution >= 4 is 18.2 Å². The van der Waals surface area contributed by atoms with Crippen molar-refractivity contribution in [1.82, 2.24) is 31.1 Å². The standard InChI is InChI=1S/C20H31N7O3/c1-25-17-10-16(14-2-3-14)23-27(17)7-4-15(20(25)29)22-19(28)18-21-12-26(24-18)11-13-5-8-30-9-6-13/h10,12-16,18,23-24H,2-9,11H2,1H3,(H,22,28). The highest BCUT2D eigenvalue weighted by atomic mass is 16.5. The van der Waals surface area contributed by atoms with Gasteiger partial charge in [-0.3, -0.25) is 24.5 Å². The molecule has 3 unspecified atom stereocenters. The Bertz CT molecular complexity index is 747. The highest BCUT2D eigenvalue weighted by Gasteiger charge is 2.41. The van der Waals surface area contributed by atoms with Gasteiger partial charge in [-0.15, -0.1) is 0 Å². The fourth-order valence-electron chi connectivity index (χ4n) is 4.62. The second kappa shape index (κ2) is 8.16. The average Bonchev–Trinajstić information content (AvgIpc) is 3.37. The lowest BCUT2D eigenvalue weighted by molar-refractivity contribution is -0.134. The van der Waals surface area contributed by atoms with E-state index in [9.17, 15) is 9.59 Å². The average molecular weight is 418 g/mol. The lowest BCUT2D eigenvalue weighted by Crippen LogP contribution is -2.53. The van der Waals surface area contributed by atoms with E-state index in [1.165, 1.54) is 12.8 Å². The summed E-state index contributed by atoms with van der Waals surface area (Å²) < 4.78 is 5.40. The zero-order valence-electron chi connectivity index (χ0n) is 17.4. The third-order valence-corrected chi connectivity index (χ3v) is 6.66. The van der Waals surface area contributed by atoms with Gasteiger partial charge in [0.2, 0.25) is 5.91 Å². The summed E-state index contributed by atoms with van der Waals surface area (Å²) in [5.41, 5.74) is 6.64. The largest absolute Gasteiger partial charge is 0.381 e. The first kappa shape index (κ1) is 19.8. The van der Waals surface area contributed by atoms with Crippen molar-refractivity contribution in [2.24, 2.45) is 16.8 Å². The van der Waals surface area contributed by atoms with Crippen LogP contribution in [0.25, 0.3) is 0 Å². The Morgan fingerprint density at radius 2 is 2.03 bits per heavy atom. The third-order valence-electron chi connectivity index (χ3n) is 6.66. The number of amides is 2. The highest BCUT2D eigenvalue weighted by molar-refractivity contribution is 5.91. The van der Waals surface area contributed by atoms with Crippen molar-refractivity contribution in [2.45, 2.75) is 50.4 Å². The first-order chi connectivity index (χ1) is 14.6. The van der Waals surface area contributed by atoms with E-state index in [4.69, 9.17) is 4.74 Å². The number of aliphatic imine (C=N–C) groups is 1. The van der Waals surface area contributed by atoms with Gasteiger partial charge in [-0.05, 0) is 50.0 Å². The molecular weight excluding hydrogens is 386 g/mol. The summed E-state index contributed by atoms with van der Waals surface area (Å²) in [6, 6.07) is -0.239. The molecular formula is C20H31N7O3. The number of nitrogens with zero attached hydrogens (tertiary/aromatic N) is 4. The smallest absolute Gasteiger partial charge is 0.261 e. The van der Waals surface area contributed by atoms with Crippen molar-refractivity contribution in [3.05, 3.63) is 11.9 Å². The van der Waals surface area contributed by atoms with Crippen LogP contribution in [0.3, 0.4) is 0 Å². The van der Waals surface area contributed by atoms with Crippen molar-refractivity contribution in [3.63, 3.8) is 0 Å². The summed E-state index contributed by atoms with van der Waals surface area (Å²) in [6.07, 6.45) is 8.22. The van der Waals surface area contributed by atoms with E-state index >= 15 is 0 Å². The predicted octanol–water partition coefficient (Wildman–Crippen LogP) is -0.625. The Hall–Kier alpha value is -2.17. The van der Waals surface area contributed by atoms with Gasteiger partial charge in [-0.2, -0.15) is 0 Å². The molecule has 0 aromatic rings. The van der Waals surface area contributed by atoms with Crippen molar-refractivity contribution < 1.29 is 14.3 Å². The topological polar surface area (TPSA) is 102 Å². The van der Waals surface area contributed by atoms with Crippen LogP contribution in [0.15, 0.2) is 16.9 Å². The number of hydrogen-bond acceptors (Lipinski definition) is 8. The Morgan fingerprint density at radius 3 is 2.80 bits per heavy atom. The second-order valence-electron chi connectivity index (χ2n) is 8.92. The van der Waals surface area contributed by atoms with E-state index in [0.717, 1.165) is 38.4 Å². The first-order valence-electron chi connectivity index (χ1n) is 11.1. The minimum absolute atomic E-state index is 0.0867. The van der Waals surface area contributed by atoms with E-state index in [2.05, 4.69) is 32.2 Å². The zero-order chi connectivity index (χ0) is 20.7. The first-order valence-corrected chi connectivity index (χ1v) is 11.1. The van der Waals surface area contributed by atoms with Crippen LogP contribution in [0.2, 0.25) is 0 Å². The van der Waals surface area contributed by atoms with Crippen molar-refractivity contribution in [2.75, 3.05) is 33.4 Å². The molecule has 10 heteroatoms. The van der Waals surface area contributed by atoms with Crippen LogP contribution in [-0.4, -0.2) is 84.7 Å². The van der Waals surface area contributed by atoms with E-state index < -0.39 is 12.2 Å².